The number of hydrogen-bond donors (Lipinski definition) is 1. The summed E-state index contributed by atoms with van der Waals surface area (Å²) in [6.07, 6.45) is 4.77. The van der Waals surface area contributed by atoms with Crippen molar-refractivity contribution in [3.63, 3.8) is 0 Å². The molecule has 1 amide bonds. The Kier molecular flexibility index (Phi) is 3.84. The fourth-order valence-corrected chi connectivity index (χ4v) is 3.61. The summed E-state index contributed by atoms with van der Waals surface area (Å²) in [5.41, 5.74) is 1.52. The monoisotopic (exact) mass is 356 g/mol. The van der Waals surface area contributed by atoms with Crippen molar-refractivity contribution >= 4 is 28.5 Å². The van der Waals surface area contributed by atoms with Gasteiger partial charge in [-0.3, -0.25) is 14.3 Å². The molecule has 4 rings (SSSR count). The van der Waals surface area contributed by atoms with Gasteiger partial charge in [0.2, 0.25) is 5.43 Å². The van der Waals surface area contributed by atoms with E-state index in [1.54, 1.807) is 16.6 Å². The number of fused-ring (bicyclic) bond motifs is 1. The number of H-pyrrole nitrogens is 1. The predicted molar refractivity (Wildman–Crippen MR) is 95.8 cm³/mol. The highest BCUT2D eigenvalue weighted by atomic mass is 35.5. The number of hydrogen-bond acceptors (Lipinski definition) is 3. The number of aromatic amines is 1. The maximum Gasteiger partial charge on any atom is 0.259 e. The highest BCUT2D eigenvalue weighted by Gasteiger charge is 2.32. The van der Waals surface area contributed by atoms with Gasteiger partial charge in [0.25, 0.3) is 5.91 Å². The summed E-state index contributed by atoms with van der Waals surface area (Å²) in [6.45, 7) is 0.636. The first kappa shape index (κ1) is 15.9. The first-order chi connectivity index (χ1) is 12.1. The second kappa shape index (κ2) is 6.04. The van der Waals surface area contributed by atoms with Gasteiger partial charge in [-0.1, -0.05) is 23.7 Å². The molecule has 2 aromatic heterocycles. The van der Waals surface area contributed by atoms with Crippen molar-refractivity contribution in [1.82, 2.24) is 19.7 Å². The van der Waals surface area contributed by atoms with Crippen LogP contribution in [0.4, 0.5) is 0 Å². The molecule has 128 valence electrons. The molecule has 1 aliphatic heterocycles. The van der Waals surface area contributed by atoms with Crippen LogP contribution >= 0.6 is 11.6 Å². The summed E-state index contributed by atoms with van der Waals surface area (Å²) < 4.78 is 1.58. The number of rotatable bonds is 2. The molecule has 1 fully saturated rings. The number of halogens is 1. The number of aryl methyl sites for hydroxylation is 1. The Balaban J connectivity index is 1.71. The molecular weight excluding hydrogens is 340 g/mol. The largest absolute Gasteiger partial charge is 0.345 e. The Morgan fingerprint density at radius 1 is 1.32 bits per heavy atom. The van der Waals surface area contributed by atoms with Crippen molar-refractivity contribution in [1.29, 1.82) is 0 Å². The number of benzene rings is 1. The molecule has 3 heterocycles. The van der Waals surface area contributed by atoms with Crippen LogP contribution in [0.5, 0.6) is 0 Å². The van der Waals surface area contributed by atoms with Crippen LogP contribution in [0.3, 0.4) is 0 Å². The van der Waals surface area contributed by atoms with Crippen LogP contribution in [0.2, 0.25) is 5.02 Å². The molecule has 0 radical (unpaired) electrons. The molecule has 0 saturated carbocycles. The van der Waals surface area contributed by atoms with Crippen LogP contribution in [0.1, 0.15) is 34.8 Å². The smallest absolute Gasteiger partial charge is 0.259 e. The number of carbonyl (C=O) groups excluding carboxylic acids is 1. The minimum atomic E-state index is -0.284. The average Bonchev–Trinajstić information content (AvgIpc) is 3.23. The lowest BCUT2D eigenvalue weighted by Gasteiger charge is -2.25. The van der Waals surface area contributed by atoms with Crippen LogP contribution in [-0.4, -0.2) is 32.1 Å². The number of nitrogens with one attached hydrogen (secondary N) is 1. The summed E-state index contributed by atoms with van der Waals surface area (Å²) in [6, 6.07) is 7.49. The number of pyridine rings is 1. The van der Waals surface area contributed by atoms with E-state index in [0.29, 0.717) is 22.6 Å². The second-order valence-corrected chi connectivity index (χ2v) is 6.71. The third-order valence-electron chi connectivity index (χ3n) is 4.78. The molecule has 3 aromatic rings. The van der Waals surface area contributed by atoms with E-state index in [4.69, 9.17) is 11.6 Å². The van der Waals surface area contributed by atoms with E-state index in [-0.39, 0.29) is 22.9 Å². The summed E-state index contributed by atoms with van der Waals surface area (Å²) in [7, 11) is 1.75. The molecule has 1 aliphatic rings. The molecule has 1 unspecified atom stereocenters. The van der Waals surface area contributed by atoms with Gasteiger partial charge in [-0.25, -0.2) is 0 Å². The molecule has 1 N–H and O–H groups in total. The van der Waals surface area contributed by atoms with Gasteiger partial charge in [0, 0.05) is 24.8 Å². The fraction of sp³-hybridized carbons (Fsp3) is 0.278. The van der Waals surface area contributed by atoms with E-state index in [0.717, 1.165) is 18.4 Å². The molecular formula is C18H17ClN4O2. The SMILES string of the molecule is Cn1ncc2c(=O)c(C(=O)N3CCCC3c3ccc(Cl)cc3)c[nH]c21. The highest BCUT2D eigenvalue weighted by Crippen LogP contribution is 2.33. The zero-order valence-corrected chi connectivity index (χ0v) is 14.5. The minimum absolute atomic E-state index is 0.0336. The first-order valence-electron chi connectivity index (χ1n) is 8.16. The Morgan fingerprint density at radius 3 is 2.84 bits per heavy atom. The molecule has 7 heteroatoms. The van der Waals surface area contributed by atoms with Crippen molar-refractivity contribution in [3.05, 3.63) is 63.0 Å². The van der Waals surface area contributed by atoms with Gasteiger partial charge in [0.15, 0.2) is 0 Å². The third kappa shape index (κ3) is 2.62. The van der Waals surface area contributed by atoms with Crippen LogP contribution in [0.25, 0.3) is 11.0 Å². The van der Waals surface area contributed by atoms with Crippen molar-refractivity contribution in [3.8, 4) is 0 Å². The zero-order valence-electron chi connectivity index (χ0n) is 13.7. The standard InChI is InChI=1S/C18H17ClN4O2/c1-22-17-13(10-21-22)16(24)14(9-20-17)18(25)23-8-2-3-15(23)11-4-6-12(19)7-5-11/h4-7,9-10,15H,2-3,8H2,1H3,(H,20,24). The van der Waals surface area contributed by atoms with E-state index >= 15 is 0 Å². The summed E-state index contributed by atoms with van der Waals surface area (Å²) in [4.78, 5) is 30.5. The number of likely N-dealkylation sites (tertiary alicyclic amines) is 1. The van der Waals surface area contributed by atoms with Crippen molar-refractivity contribution in [2.75, 3.05) is 6.54 Å². The molecule has 6 nitrogen and oxygen atoms in total. The predicted octanol–water partition coefficient (Wildman–Crippen LogP) is 2.89. The molecule has 0 aliphatic carbocycles. The van der Waals surface area contributed by atoms with Gasteiger partial charge in [-0.05, 0) is 30.5 Å². The van der Waals surface area contributed by atoms with E-state index in [9.17, 15) is 9.59 Å². The molecule has 0 bridgehead atoms. The van der Waals surface area contributed by atoms with Crippen LogP contribution in [-0.2, 0) is 7.05 Å². The minimum Gasteiger partial charge on any atom is -0.345 e. The van der Waals surface area contributed by atoms with Crippen LogP contribution in [0.15, 0.2) is 41.5 Å². The van der Waals surface area contributed by atoms with Crippen LogP contribution in [0, 0.1) is 0 Å². The van der Waals surface area contributed by atoms with Gasteiger partial charge in [0.1, 0.15) is 11.2 Å². The molecule has 0 spiro atoms. The van der Waals surface area contributed by atoms with Gasteiger partial charge < -0.3 is 9.88 Å². The summed E-state index contributed by atoms with van der Waals surface area (Å²) in [5.74, 6) is -0.246. The molecule has 25 heavy (non-hydrogen) atoms. The normalized spacial score (nSPS) is 17.4. The lowest BCUT2D eigenvalue weighted by Crippen LogP contribution is -2.34. The molecule has 1 atom stereocenters. The van der Waals surface area contributed by atoms with Crippen molar-refractivity contribution < 1.29 is 4.79 Å². The van der Waals surface area contributed by atoms with E-state index < -0.39 is 0 Å². The molecule has 1 saturated heterocycles. The molecule has 1 aromatic carbocycles. The van der Waals surface area contributed by atoms with E-state index in [1.807, 2.05) is 24.3 Å². The maximum atomic E-state index is 13.0. The number of carbonyl (C=O) groups is 1. The van der Waals surface area contributed by atoms with Crippen LogP contribution < -0.4 is 5.43 Å². The number of nitrogens with zero attached hydrogens (tertiary/aromatic N) is 3. The highest BCUT2D eigenvalue weighted by molar-refractivity contribution is 6.30. The third-order valence-corrected chi connectivity index (χ3v) is 5.03. The average molecular weight is 357 g/mol. The van der Waals surface area contributed by atoms with Gasteiger partial charge >= 0.3 is 0 Å². The lowest BCUT2D eigenvalue weighted by atomic mass is 10.0. The Hall–Kier alpha value is -2.60. The maximum absolute atomic E-state index is 13.0. The fourth-order valence-electron chi connectivity index (χ4n) is 3.48. The topological polar surface area (TPSA) is 71.0 Å². The number of aromatic nitrogens is 3. The van der Waals surface area contributed by atoms with Gasteiger partial charge in [0.05, 0.1) is 17.6 Å². The zero-order chi connectivity index (χ0) is 17.6. The quantitative estimate of drug-likeness (QED) is 0.767. The summed E-state index contributed by atoms with van der Waals surface area (Å²) >= 11 is 5.96. The van der Waals surface area contributed by atoms with Crippen molar-refractivity contribution in [2.45, 2.75) is 18.9 Å². The Morgan fingerprint density at radius 2 is 2.08 bits per heavy atom. The first-order valence-corrected chi connectivity index (χ1v) is 8.54. The second-order valence-electron chi connectivity index (χ2n) is 6.27. The summed E-state index contributed by atoms with van der Waals surface area (Å²) in [5, 5.41) is 5.16. The van der Waals surface area contributed by atoms with E-state index in [2.05, 4.69) is 10.1 Å². The van der Waals surface area contributed by atoms with Crippen molar-refractivity contribution in [2.24, 2.45) is 7.05 Å². The van der Waals surface area contributed by atoms with E-state index in [1.165, 1.54) is 12.4 Å². The Labute approximate surface area is 149 Å². The van der Waals surface area contributed by atoms with Gasteiger partial charge in [-0.15, -0.1) is 0 Å². The van der Waals surface area contributed by atoms with Gasteiger partial charge in [-0.2, -0.15) is 5.10 Å². The number of amides is 1. The Bertz CT molecular complexity index is 1010. The lowest BCUT2D eigenvalue weighted by molar-refractivity contribution is 0.0734.